The first-order chi connectivity index (χ1) is 13.1. The van der Waals surface area contributed by atoms with Gasteiger partial charge < -0.3 is 4.74 Å². The SMILES string of the molecule is CC(C)(C)C(=O)C(C#N)=C(OCc1ccccc1)c1ccc(Cl)cc1[N+](=O)[O-]. The zero-order valence-electron chi connectivity index (χ0n) is 15.7. The van der Waals surface area contributed by atoms with Crippen LogP contribution in [0.15, 0.2) is 54.1 Å². The van der Waals surface area contributed by atoms with E-state index >= 15 is 0 Å². The lowest BCUT2D eigenvalue weighted by atomic mass is 9.85. The van der Waals surface area contributed by atoms with Crippen LogP contribution in [0.4, 0.5) is 5.69 Å². The van der Waals surface area contributed by atoms with Crippen molar-refractivity contribution < 1.29 is 14.5 Å². The van der Waals surface area contributed by atoms with Crippen LogP contribution in [0, 0.1) is 26.9 Å². The van der Waals surface area contributed by atoms with E-state index in [1.165, 1.54) is 18.2 Å². The van der Waals surface area contributed by atoms with Gasteiger partial charge >= 0.3 is 0 Å². The van der Waals surface area contributed by atoms with Crippen LogP contribution in [0.25, 0.3) is 5.76 Å². The van der Waals surface area contributed by atoms with Gasteiger partial charge in [0.05, 0.1) is 10.5 Å². The molecule has 2 aromatic rings. The van der Waals surface area contributed by atoms with Gasteiger partial charge in [-0.05, 0) is 17.7 Å². The summed E-state index contributed by atoms with van der Waals surface area (Å²) >= 11 is 5.89. The second-order valence-corrected chi connectivity index (χ2v) is 7.52. The van der Waals surface area contributed by atoms with Crippen LogP contribution in [0.2, 0.25) is 5.02 Å². The summed E-state index contributed by atoms with van der Waals surface area (Å²) in [6.45, 7) is 5.03. The highest BCUT2D eigenvalue weighted by atomic mass is 35.5. The smallest absolute Gasteiger partial charge is 0.281 e. The molecule has 0 radical (unpaired) electrons. The minimum Gasteiger partial charge on any atom is -0.486 e. The minimum atomic E-state index is -0.867. The van der Waals surface area contributed by atoms with Crippen molar-refractivity contribution in [2.24, 2.45) is 5.41 Å². The first-order valence-corrected chi connectivity index (χ1v) is 8.83. The minimum absolute atomic E-state index is 0.0273. The molecule has 28 heavy (non-hydrogen) atoms. The van der Waals surface area contributed by atoms with Crippen LogP contribution in [0.5, 0.6) is 0 Å². The van der Waals surface area contributed by atoms with Crippen molar-refractivity contribution in [2.75, 3.05) is 0 Å². The van der Waals surface area contributed by atoms with Crippen molar-refractivity contribution in [1.29, 1.82) is 5.26 Å². The van der Waals surface area contributed by atoms with Gasteiger partial charge in [0.1, 0.15) is 18.2 Å². The first kappa shape index (κ1) is 21.1. The van der Waals surface area contributed by atoms with E-state index in [-0.39, 0.29) is 34.2 Å². The fourth-order valence-corrected chi connectivity index (χ4v) is 2.61. The van der Waals surface area contributed by atoms with Crippen LogP contribution in [0.3, 0.4) is 0 Å². The average Bonchev–Trinajstić information content (AvgIpc) is 2.65. The Kier molecular flexibility index (Phi) is 6.55. The molecule has 0 N–H and O–H groups in total. The fraction of sp³-hybridized carbons (Fsp3) is 0.238. The standard InChI is InChI=1S/C21H19ClN2O4/c1-21(2,3)20(25)17(12-23)19(28-13-14-7-5-4-6-8-14)16-10-9-15(22)11-18(16)24(26)27/h4-11H,13H2,1-3H3. The Balaban J connectivity index is 2.66. The molecule has 2 aromatic carbocycles. The summed E-state index contributed by atoms with van der Waals surface area (Å²) in [5, 5.41) is 21.4. The highest BCUT2D eigenvalue weighted by Gasteiger charge is 2.31. The van der Waals surface area contributed by atoms with Gasteiger partial charge in [0.2, 0.25) is 0 Å². The molecule has 0 fully saturated rings. The molecule has 0 saturated heterocycles. The number of carbonyl (C=O) groups is 1. The van der Waals surface area contributed by atoms with E-state index < -0.39 is 16.1 Å². The van der Waals surface area contributed by atoms with Gasteiger partial charge in [-0.25, -0.2) is 0 Å². The van der Waals surface area contributed by atoms with Crippen LogP contribution >= 0.6 is 11.6 Å². The number of ketones is 1. The number of Topliss-reactive ketones (excluding diaryl/α,β-unsaturated/α-hetero) is 1. The van der Waals surface area contributed by atoms with E-state index in [0.717, 1.165) is 5.56 Å². The number of nitrogens with zero attached hydrogens (tertiary/aromatic N) is 2. The van der Waals surface area contributed by atoms with Crippen LogP contribution in [0.1, 0.15) is 31.9 Å². The highest BCUT2D eigenvalue weighted by Crippen LogP contribution is 2.34. The summed E-state index contributed by atoms with van der Waals surface area (Å²) in [5.74, 6) is -0.600. The molecule has 0 spiro atoms. The zero-order valence-corrected chi connectivity index (χ0v) is 16.5. The zero-order chi connectivity index (χ0) is 20.9. The largest absolute Gasteiger partial charge is 0.486 e. The molecule has 0 amide bonds. The van der Waals surface area contributed by atoms with E-state index in [9.17, 15) is 20.2 Å². The van der Waals surface area contributed by atoms with Crippen LogP contribution in [-0.4, -0.2) is 10.7 Å². The van der Waals surface area contributed by atoms with E-state index in [1.54, 1.807) is 20.8 Å². The molecule has 0 bridgehead atoms. The number of hydrogen-bond acceptors (Lipinski definition) is 5. The number of allylic oxidation sites excluding steroid dienone is 1. The van der Waals surface area contributed by atoms with Crippen molar-refractivity contribution in [3.05, 3.63) is 80.4 Å². The fourth-order valence-electron chi connectivity index (χ4n) is 2.44. The second kappa shape index (κ2) is 8.68. The number of halogens is 1. The van der Waals surface area contributed by atoms with Gasteiger partial charge in [-0.15, -0.1) is 0 Å². The first-order valence-electron chi connectivity index (χ1n) is 8.45. The third kappa shape index (κ3) is 4.96. The molecule has 144 valence electrons. The number of nitro benzene ring substituents is 1. The molecule has 7 heteroatoms. The van der Waals surface area contributed by atoms with Gasteiger partial charge in [-0.1, -0.05) is 62.7 Å². The number of benzene rings is 2. The Hall–Kier alpha value is -3.17. The summed E-state index contributed by atoms with van der Waals surface area (Å²) in [7, 11) is 0. The molecule has 2 rings (SSSR count). The summed E-state index contributed by atoms with van der Waals surface area (Å²) in [6.07, 6.45) is 0. The third-order valence-electron chi connectivity index (χ3n) is 3.87. The van der Waals surface area contributed by atoms with Gasteiger partial charge in [0.15, 0.2) is 11.5 Å². The quantitative estimate of drug-likeness (QED) is 0.216. The molecular formula is C21H19ClN2O4. The molecule has 0 saturated carbocycles. The Morgan fingerprint density at radius 3 is 2.39 bits per heavy atom. The lowest BCUT2D eigenvalue weighted by Crippen LogP contribution is -2.23. The number of carbonyl (C=O) groups excluding carboxylic acids is 1. The maximum Gasteiger partial charge on any atom is 0.281 e. The number of rotatable bonds is 6. The number of nitriles is 1. The number of ether oxygens (including phenoxy) is 1. The van der Waals surface area contributed by atoms with E-state index in [1.807, 2.05) is 36.4 Å². The lowest BCUT2D eigenvalue weighted by molar-refractivity contribution is -0.385. The van der Waals surface area contributed by atoms with Gasteiger partial charge in [-0.2, -0.15) is 5.26 Å². The topological polar surface area (TPSA) is 93.2 Å². The molecule has 0 heterocycles. The Morgan fingerprint density at radius 1 is 1.21 bits per heavy atom. The van der Waals surface area contributed by atoms with Crippen molar-refractivity contribution in [3.63, 3.8) is 0 Å². The maximum atomic E-state index is 12.8. The van der Waals surface area contributed by atoms with E-state index in [2.05, 4.69) is 0 Å². The molecule has 0 aromatic heterocycles. The van der Waals surface area contributed by atoms with Gasteiger partial charge in [-0.3, -0.25) is 14.9 Å². The summed E-state index contributed by atoms with van der Waals surface area (Å²) in [4.78, 5) is 23.7. The summed E-state index contributed by atoms with van der Waals surface area (Å²) in [5.41, 5.74) is -0.663. The molecule has 0 unspecified atom stereocenters. The molecular weight excluding hydrogens is 380 g/mol. The monoisotopic (exact) mass is 398 g/mol. The molecule has 6 nitrogen and oxygen atoms in total. The van der Waals surface area contributed by atoms with Gasteiger partial charge in [0, 0.05) is 16.5 Å². The van der Waals surface area contributed by atoms with E-state index in [0.29, 0.717) is 0 Å². The highest BCUT2D eigenvalue weighted by molar-refractivity contribution is 6.30. The van der Waals surface area contributed by atoms with Crippen LogP contribution in [-0.2, 0) is 16.1 Å². The maximum absolute atomic E-state index is 12.8. The second-order valence-electron chi connectivity index (χ2n) is 7.09. The number of nitro groups is 1. The predicted molar refractivity (Wildman–Crippen MR) is 106 cm³/mol. The normalized spacial score (nSPS) is 12.0. The van der Waals surface area contributed by atoms with Gasteiger partial charge in [0.25, 0.3) is 5.69 Å². The molecule has 0 aliphatic heterocycles. The van der Waals surface area contributed by atoms with Crippen molar-refractivity contribution >= 4 is 28.8 Å². The Labute approximate surface area is 168 Å². The van der Waals surface area contributed by atoms with Crippen molar-refractivity contribution in [2.45, 2.75) is 27.4 Å². The predicted octanol–water partition coefficient (Wildman–Crippen LogP) is 5.31. The van der Waals surface area contributed by atoms with Crippen molar-refractivity contribution in [3.8, 4) is 6.07 Å². The Bertz CT molecular complexity index is 970. The van der Waals surface area contributed by atoms with Crippen LogP contribution < -0.4 is 0 Å². The summed E-state index contributed by atoms with van der Waals surface area (Å²) in [6, 6.07) is 15.0. The summed E-state index contributed by atoms with van der Waals surface area (Å²) < 4.78 is 5.80. The third-order valence-corrected chi connectivity index (χ3v) is 4.11. The Morgan fingerprint density at radius 2 is 1.86 bits per heavy atom. The molecule has 0 atom stereocenters. The lowest BCUT2D eigenvalue weighted by Gasteiger charge is -2.19. The molecule has 0 aliphatic rings. The molecule has 0 aliphatic carbocycles. The van der Waals surface area contributed by atoms with E-state index in [4.69, 9.17) is 16.3 Å². The number of hydrogen-bond donors (Lipinski definition) is 0. The van der Waals surface area contributed by atoms with Crippen molar-refractivity contribution in [1.82, 2.24) is 0 Å². The average molecular weight is 399 g/mol.